The molecular formula is C16H22FN3O. The van der Waals surface area contributed by atoms with Crippen LogP contribution in [0.15, 0.2) is 29.3 Å². The smallest absolute Gasteiger partial charge is 0.192 e. The van der Waals surface area contributed by atoms with Gasteiger partial charge in [-0.25, -0.2) is 4.39 Å². The van der Waals surface area contributed by atoms with Gasteiger partial charge in [-0.3, -0.25) is 4.99 Å². The molecule has 0 aromatic heterocycles. The van der Waals surface area contributed by atoms with E-state index in [1.807, 2.05) is 6.07 Å². The first-order chi connectivity index (χ1) is 10.2. The summed E-state index contributed by atoms with van der Waals surface area (Å²) >= 11 is 0. The molecule has 2 atom stereocenters. The van der Waals surface area contributed by atoms with Gasteiger partial charge in [-0.15, -0.1) is 0 Å². The lowest BCUT2D eigenvalue weighted by Gasteiger charge is -2.40. The minimum atomic E-state index is -0.349. The molecule has 0 amide bonds. The Hall–Kier alpha value is -1.62. The Balaban J connectivity index is 1.91. The van der Waals surface area contributed by atoms with E-state index >= 15 is 0 Å². The molecule has 0 radical (unpaired) electrons. The number of nitrogens with two attached hydrogens (primary N) is 1. The topological polar surface area (TPSA) is 50.8 Å². The summed E-state index contributed by atoms with van der Waals surface area (Å²) in [5.41, 5.74) is 6.70. The van der Waals surface area contributed by atoms with E-state index in [1.165, 1.54) is 6.07 Å². The van der Waals surface area contributed by atoms with Gasteiger partial charge in [-0.2, -0.15) is 0 Å². The van der Waals surface area contributed by atoms with Gasteiger partial charge < -0.3 is 15.4 Å². The maximum Gasteiger partial charge on any atom is 0.192 e. The number of halogens is 1. The fourth-order valence-corrected chi connectivity index (χ4v) is 3.39. The summed E-state index contributed by atoms with van der Waals surface area (Å²) in [6.45, 7) is 4.21. The molecule has 2 aliphatic rings. The number of hydrogen-bond acceptors (Lipinski definition) is 4. The first kappa shape index (κ1) is 14.3. The number of benzene rings is 1. The summed E-state index contributed by atoms with van der Waals surface area (Å²) in [5, 5.41) is 0. The third-order valence-corrected chi connectivity index (χ3v) is 4.65. The minimum absolute atomic E-state index is 0.191. The fraction of sp³-hybridized carbons (Fsp3) is 0.562. The molecule has 4 nitrogen and oxygen atoms in total. The van der Waals surface area contributed by atoms with Gasteiger partial charge in [0.05, 0.1) is 18.2 Å². The molecule has 3 rings (SSSR count). The highest BCUT2D eigenvalue weighted by Crippen LogP contribution is 2.37. The van der Waals surface area contributed by atoms with E-state index in [0.717, 1.165) is 38.0 Å². The van der Waals surface area contributed by atoms with Crippen molar-refractivity contribution in [3.8, 4) is 0 Å². The average Bonchev–Trinajstić information content (AvgIpc) is 3.10. The van der Waals surface area contributed by atoms with Gasteiger partial charge in [0, 0.05) is 13.2 Å². The van der Waals surface area contributed by atoms with Crippen molar-refractivity contribution in [3.05, 3.63) is 35.6 Å². The van der Waals surface area contributed by atoms with Gasteiger partial charge in [0.1, 0.15) is 5.82 Å². The molecular weight excluding hydrogens is 269 g/mol. The zero-order valence-corrected chi connectivity index (χ0v) is 12.4. The molecule has 2 heterocycles. The number of nitrogens with zero attached hydrogens (tertiary/aromatic N) is 2. The van der Waals surface area contributed by atoms with Gasteiger partial charge in [0.15, 0.2) is 5.96 Å². The molecule has 1 saturated heterocycles. The third-order valence-electron chi connectivity index (χ3n) is 4.65. The predicted molar refractivity (Wildman–Crippen MR) is 80.5 cm³/mol. The zero-order chi connectivity index (χ0) is 14.9. The molecule has 0 aliphatic carbocycles. The summed E-state index contributed by atoms with van der Waals surface area (Å²) in [6, 6.07) is 6.78. The summed E-state index contributed by atoms with van der Waals surface area (Å²) in [4.78, 5) is 6.54. The Kier molecular flexibility index (Phi) is 3.85. The Morgan fingerprint density at radius 2 is 2.38 bits per heavy atom. The Morgan fingerprint density at radius 1 is 1.52 bits per heavy atom. The Morgan fingerprint density at radius 3 is 3.05 bits per heavy atom. The number of aliphatic imine (C=N–C) groups is 1. The third kappa shape index (κ3) is 2.50. The standard InChI is InChI=1S/C16H22FN3O/c1-2-16(12-5-3-6-13(17)9-12)11-19-15(18)20(16)10-14-7-4-8-21-14/h3,5-6,9,14H,2,4,7-8,10-11H2,1H3,(H2,18,19). The van der Waals surface area contributed by atoms with Gasteiger partial charge in [-0.05, 0) is 37.0 Å². The van der Waals surface area contributed by atoms with Crippen molar-refractivity contribution in [2.75, 3.05) is 19.7 Å². The van der Waals surface area contributed by atoms with Crippen molar-refractivity contribution in [2.45, 2.75) is 37.8 Å². The van der Waals surface area contributed by atoms with E-state index < -0.39 is 0 Å². The van der Waals surface area contributed by atoms with Crippen molar-refractivity contribution in [2.24, 2.45) is 10.7 Å². The van der Waals surface area contributed by atoms with Gasteiger partial charge >= 0.3 is 0 Å². The molecule has 1 aromatic rings. The summed E-state index contributed by atoms with van der Waals surface area (Å²) < 4.78 is 19.4. The monoisotopic (exact) mass is 291 g/mol. The maximum atomic E-state index is 13.6. The molecule has 1 aromatic carbocycles. The molecule has 21 heavy (non-hydrogen) atoms. The average molecular weight is 291 g/mol. The van der Waals surface area contributed by atoms with Crippen LogP contribution in [-0.4, -0.2) is 36.7 Å². The molecule has 2 N–H and O–H groups in total. The summed E-state index contributed by atoms with van der Waals surface area (Å²) in [5.74, 6) is 0.319. The van der Waals surface area contributed by atoms with Gasteiger partial charge in [0.25, 0.3) is 0 Å². The van der Waals surface area contributed by atoms with Crippen molar-refractivity contribution >= 4 is 5.96 Å². The van der Waals surface area contributed by atoms with E-state index in [4.69, 9.17) is 10.5 Å². The van der Waals surface area contributed by atoms with E-state index in [9.17, 15) is 4.39 Å². The van der Waals surface area contributed by atoms with Gasteiger partial charge in [-0.1, -0.05) is 19.1 Å². The molecule has 0 saturated carbocycles. The lowest BCUT2D eigenvalue weighted by molar-refractivity contribution is 0.0632. The van der Waals surface area contributed by atoms with Crippen LogP contribution in [0.4, 0.5) is 4.39 Å². The number of ether oxygens (including phenoxy) is 1. The summed E-state index contributed by atoms with van der Waals surface area (Å²) in [7, 11) is 0. The van der Waals surface area contributed by atoms with E-state index in [2.05, 4.69) is 16.8 Å². The lowest BCUT2D eigenvalue weighted by Crippen LogP contribution is -2.51. The quantitative estimate of drug-likeness (QED) is 0.925. The van der Waals surface area contributed by atoms with E-state index in [1.54, 1.807) is 12.1 Å². The molecule has 0 bridgehead atoms. The van der Waals surface area contributed by atoms with Crippen LogP contribution in [0.2, 0.25) is 0 Å². The molecule has 1 fully saturated rings. The summed E-state index contributed by atoms with van der Waals surface area (Å²) in [6.07, 6.45) is 3.16. The van der Waals surface area contributed by atoms with Crippen molar-refractivity contribution in [1.29, 1.82) is 0 Å². The minimum Gasteiger partial charge on any atom is -0.376 e. The molecule has 5 heteroatoms. The molecule has 0 spiro atoms. The Labute approximate surface area is 124 Å². The zero-order valence-electron chi connectivity index (χ0n) is 12.4. The van der Waals surface area contributed by atoms with Crippen molar-refractivity contribution in [1.82, 2.24) is 4.90 Å². The predicted octanol–water partition coefficient (Wildman–Crippen LogP) is 2.24. The SMILES string of the molecule is CCC1(c2cccc(F)c2)CN=C(N)N1CC1CCCO1. The van der Waals surface area contributed by atoms with Gasteiger partial charge in [0.2, 0.25) is 0 Å². The second-order valence-electron chi connectivity index (χ2n) is 5.82. The highest BCUT2D eigenvalue weighted by atomic mass is 19.1. The molecule has 2 unspecified atom stereocenters. The highest BCUT2D eigenvalue weighted by Gasteiger charge is 2.43. The largest absolute Gasteiger partial charge is 0.376 e. The van der Waals surface area contributed by atoms with Crippen LogP contribution in [0.1, 0.15) is 31.7 Å². The van der Waals surface area contributed by atoms with Crippen molar-refractivity contribution < 1.29 is 9.13 Å². The number of rotatable bonds is 4. The second-order valence-corrected chi connectivity index (χ2v) is 5.82. The highest BCUT2D eigenvalue weighted by molar-refractivity contribution is 5.81. The second kappa shape index (κ2) is 5.64. The Bertz CT molecular complexity index is 542. The van der Waals surface area contributed by atoms with Crippen LogP contribution in [0.5, 0.6) is 0 Å². The van der Waals surface area contributed by atoms with Crippen molar-refractivity contribution in [3.63, 3.8) is 0 Å². The van der Waals surface area contributed by atoms with Crippen LogP contribution in [-0.2, 0) is 10.3 Å². The molecule has 114 valence electrons. The number of hydrogen-bond donors (Lipinski definition) is 1. The number of guanidine groups is 1. The first-order valence-electron chi connectivity index (χ1n) is 7.61. The first-order valence-corrected chi connectivity index (χ1v) is 7.61. The fourth-order valence-electron chi connectivity index (χ4n) is 3.39. The van der Waals surface area contributed by atoms with E-state index in [-0.39, 0.29) is 17.5 Å². The molecule has 2 aliphatic heterocycles. The van der Waals surface area contributed by atoms with Crippen LogP contribution in [0, 0.1) is 5.82 Å². The normalized spacial score (nSPS) is 29.0. The van der Waals surface area contributed by atoms with Crippen LogP contribution < -0.4 is 5.73 Å². The lowest BCUT2D eigenvalue weighted by atomic mass is 9.86. The van der Waals surface area contributed by atoms with Crippen LogP contribution in [0.25, 0.3) is 0 Å². The van der Waals surface area contributed by atoms with Crippen LogP contribution in [0.3, 0.4) is 0 Å². The van der Waals surface area contributed by atoms with Crippen LogP contribution >= 0.6 is 0 Å². The van der Waals surface area contributed by atoms with E-state index in [0.29, 0.717) is 12.5 Å². The maximum absolute atomic E-state index is 13.6.